The first-order valence-electron chi connectivity index (χ1n) is 12.6. The van der Waals surface area contributed by atoms with Crippen molar-refractivity contribution in [3.05, 3.63) is 125 Å². The van der Waals surface area contributed by atoms with E-state index >= 15 is 0 Å². The second-order valence-electron chi connectivity index (χ2n) is 9.17. The van der Waals surface area contributed by atoms with Gasteiger partial charge in [0, 0.05) is 47.0 Å². The SMILES string of the molecule is CCN(CC)c1nc2ccc(C(O)(c3cccnc3)c3cccc(Cl)c3)cc2c(C)c1-c1ccccc1. The highest BCUT2D eigenvalue weighted by Gasteiger charge is 2.35. The van der Waals surface area contributed by atoms with E-state index in [-0.39, 0.29) is 0 Å². The Morgan fingerprint density at radius 1 is 0.838 bits per heavy atom. The molecule has 2 heterocycles. The Kier molecular flexibility index (Phi) is 6.96. The van der Waals surface area contributed by atoms with E-state index in [2.05, 4.69) is 61.0 Å². The molecule has 1 N–H and O–H groups in total. The topological polar surface area (TPSA) is 49.2 Å². The highest BCUT2D eigenvalue weighted by atomic mass is 35.5. The van der Waals surface area contributed by atoms with Crippen LogP contribution in [0, 0.1) is 6.92 Å². The zero-order valence-electron chi connectivity index (χ0n) is 21.3. The molecule has 2 aromatic heterocycles. The minimum Gasteiger partial charge on any atom is -0.376 e. The summed E-state index contributed by atoms with van der Waals surface area (Å²) in [7, 11) is 0. The molecule has 3 aromatic carbocycles. The van der Waals surface area contributed by atoms with E-state index < -0.39 is 5.60 Å². The van der Waals surface area contributed by atoms with Gasteiger partial charge in [0.05, 0.1) is 5.52 Å². The van der Waals surface area contributed by atoms with Crippen LogP contribution in [0.1, 0.15) is 36.1 Å². The molecule has 0 aliphatic carbocycles. The number of anilines is 1. The van der Waals surface area contributed by atoms with E-state index in [0.29, 0.717) is 16.1 Å². The van der Waals surface area contributed by atoms with Crippen molar-refractivity contribution < 1.29 is 5.11 Å². The lowest BCUT2D eigenvalue weighted by Crippen LogP contribution is -2.29. The molecule has 0 saturated heterocycles. The number of halogens is 1. The van der Waals surface area contributed by atoms with E-state index in [1.807, 2.05) is 54.6 Å². The summed E-state index contributed by atoms with van der Waals surface area (Å²) in [6, 6.07) is 27.5. The van der Waals surface area contributed by atoms with Gasteiger partial charge in [0.1, 0.15) is 11.4 Å². The molecule has 5 heteroatoms. The van der Waals surface area contributed by atoms with E-state index in [0.717, 1.165) is 52.1 Å². The molecule has 0 amide bonds. The first kappa shape index (κ1) is 24.9. The number of aliphatic hydroxyl groups is 1. The first-order valence-corrected chi connectivity index (χ1v) is 13.0. The summed E-state index contributed by atoms with van der Waals surface area (Å²) in [4.78, 5) is 11.7. The molecule has 0 fully saturated rings. The van der Waals surface area contributed by atoms with Crippen LogP contribution < -0.4 is 4.90 Å². The normalized spacial score (nSPS) is 12.9. The van der Waals surface area contributed by atoms with Crippen LogP contribution in [0.2, 0.25) is 5.02 Å². The third kappa shape index (κ3) is 4.48. The van der Waals surface area contributed by atoms with Gasteiger partial charge in [0.2, 0.25) is 0 Å². The Morgan fingerprint density at radius 3 is 2.24 bits per heavy atom. The van der Waals surface area contributed by atoms with Gasteiger partial charge >= 0.3 is 0 Å². The fourth-order valence-electron chi connectivity index (χ4n) is 5.12. The lowest BCUT2D eigenvalue weighted by atomic mass is 9.80. The molecule has 0 saturated carbocycles. The Labute approximate surface area is 223 Å². The summed E-state index contributed by atoms with van der Waals surface area (Å²) in [5.41, 5.74) is 4.90. The summed E-state index contributed by atoms with van der Waals surface area (Å²) in [5, 5.41) is 13.9. The molecule has 5 aromatic rings. The third-order valence-electron chi connectivity index (χ3n) is 7.09. The number of rotatable bonds is 7. The molecular formula is C32H30ClN3O. The Balaban J connectivity index is 1.80. The smallest absolute Gasteiger partial charge is 0.142 e. The summed E-state index contributed by atoms with van der Waals surface area (Å²) in [6.45, 7) is 8.18. The van der Waals surface area contributed by atoms with Gasteiger partial charge in [-0.1, -0.05) is 66.2 Å². The van der Waals surface area contributed by atoms with E-state index in [9.17, 15) is 5.11 Å². The van der Waals surface area contributed by atoms with Crippen LogP contribution in [0.4, 0.5) is 5.82 Å². The van der Waals surface area contributed by atoms with Gasteiger partial charge in [0.25, 0.3) is 0 Å². The number of hydrogen-bond donors (Lipinski definition) is 1. The Hall–Kier alpha value is -3.73. The number of aryl methyl sites for hydroxylation is 1. The van der Waals surface area contributed by atoms with Crippen molar-refractivity contribution in [3.63, 3.8) is 0 Å². The fraction of sp³-hybridized carbons (Fsp3) is 0.188. The minimum absolute atomic E-state index is 0.564. The maximum Gasteiger partial charge on any atom is 0.142 e. The van der Waals surface area contributed by atoms with Gasteiger partial charge in [-0.15, -0.1) is 0 Å². The first-order chi connectivity index (χ1) is 18.0. The molecule has 1 unspecified atom stereocenters. The highest BCUT2D eigenvalue weighted by Crippen LogP contribution is 2.41. The van der Waals surface area contributed by atoms with Crippen molar-refractivity contribution >= 4 is 28.3 Å². The van der Waals surface area contributed by atoms with Crippen molar-refractivity contribution in [2.45, 2.75) is 26.4 Å². The second-order valence-corrected chi connectivity index (χ2v) is 9.60. The van der Waals surface area contributed by atoms with Gasteiger partial charge in [-0.3, -0.25) is 4.98 Å². The lowest BCUT2D eigenvalue weighted by Gasteiger charge is -2.31. The predicted molar refractivity (Wildman–Crippen MR) is 153 cm³/mol. The van der Waals surface area contributed by atoms with Crippen molar-refractivity contribution in [2.75, 3.05) is 18.0 Å². The highest BCUT2D eigenvalue weighted by molar-refractivity contribution is 6.30. The number of hydrogen-bond acceptors (Lipinski definition) is 4. The minimum atomic E-state index is -1.44. The molecule has 186 valence electrons. The van der Waals surface area contributed by atoms with Crippen LogP contribution in [0.5, 0.6) is 0 Å². The second kappa shape index (κ2) is 10.3. The van der Waals surface area contributed by atoms with Crippen molar-refractivity contribution in [3.8, 4) is 11.1 Å². The summed E-state index contributed by atoms with van der Waals surface area (Å²) >= 11 is 6.37. The van der Waals surface area contributed by atoms with Crippen LogP contribution in [0.15, 0.2) is 97.3 Å². The van der Waals surface area contributed by atoms with Gasteiger partial charge in [-0.05, 0) is 73.4 Å². The summed E-state index contributed by atoms with van der Waals surface area (Å²) < 4.78 is 0. The van der Waals surface area contributed by atoms with Crippen LogP contribution in [-0.4, -0.2) is 28.2 Å². The van der Waals surface area contributed by atoms with Gasteiger partial charge < -0.3 is 10.0 Å². The fourth-order valence-corrected chi connectivity index (χ4v) is 5.31. The molecule has 4 nitrogen and oxygen atoms in total. The predicted octanol–water partition coefficient (Wildman–Crippen LogP) is 7.39. The molecular weight excluding hydrogens is 478 g/mol. The number of pyridine rings is 2. The monoisotopic (exact) mass is 507 g/mol. The molecule has 0 spiro atoms. The number of fused-ring (bicyclic) bond motifs is 1. The van der Waals surface area contributed by atoms with E-state index in [4.69, 9.17) is 16.6 Å². The zero-order valence-corrected chi connectivity index (χ0v) is 22.1. The molecule has 5 rings (SSSR count). The van der Waals surface area contributed by atoms with Crippen LogP contribution in [0.3, 0.4) is 0 Å². The van der Waals surface area contributed by atoms with E-state index in [1.165, 1.54) is 0 Å². The maximum atomic E-state index is 12.4. The van der Waals surface area contributed by atoms with Crippen molar-refractivity contribution in [1.82, 2.24) is 9.97 Å². The van der Waals surface area contributed by atoms with Crippen LogP contribution in [0.25, 0.3) is 22.0 Å². The zero-order chi connectivity index (χ0) is 26.0. The Bertz CT molecular complexity index is 1530. The number of aromatic nitrogens is 2. The number of benzene rings is 3. The van der Waals surface area contributed by atoms with Gasteiger partial charge in [-0.25, -0.2) is 4.98 Å². The van der Waals surface area contributed by atoms with Gasteiger partial charge in [-0.2, -0.15) is 0 Å². The van der Waals surface area contributed by atoms with Crippen LogP contribution in [-0.2, 0) is 5.60 Å². The van der Waals surface area contributed by atoms with Crippen molar-refractivity contribution in [2.24, 2.45) is 0 Å². The third-order valence-corrected chi connectivity index (χ3v) is 7.33. The standard InChI is InChI=1S/C32H30ClN3O/c1-4-36(5-2)31-30(23-11-7-6-8-12-23)22(3)28-20-25(16-17-29(28)35-31)32(37,26-14-10-18-34-21-26)24-13-9-15-27(33)19-24/h6-21,37H,4-5H2,1-3H3. The molecule has 0 bridgehead atoms. The maximum absolute atomic E-state index is 12.4. The average molecular weight is 508 g/mol. The summed E-state index contributed by atoms with van der Waals surface area (Å²) in [6.07, 6.45) is 3.41. The largest absolute Gasteiger partial charge is 0.376 e. The average Bonchev–Trinajstić information content (AvgIpc) is 2.94. The molecule has 1 atom stereocenters. The molecule has 37 heavy (non-hydrogen) atoms. The number of nitrogens with zero attached hydrogens (tertiary/aromatic N) is 3. The quantitative estimate of drug-likeness (QED) is 0.249. The lowest BCUT2D eigenvalue weighted by molar-refractivity contribution is 0.125. The Morgan fingerprint density at radius 2 is 1.57 bits per heavy atom. The summed E-state index contributed by atoms with van der Waals surface area (Å²) in [5.74, 6) is 0.978. The van der Waals surface area contributed by atoms with E-state index in [1.54, 1.807) is 12.4 Å². The molecule has 0 aliphatic rings. The molecule has 0 radical (unpaired) electrons. The van der Waals surface area contributed by atoms with Crippen molar-refractivity contribution in [1.29, 1.82) is 0 Å². The van der Waals surface area contributed by atoms with Crippen LogP contribution >= 0.6 is 11.6 Å². The van der Waals surface area contributed by atoms with Gasteiger partial charge in [0.15, 0.2) is 0 Å². The molecule has 0 aliphatic heterocycles.